The minimum atomic E-state index is -0.999. The number of non-ortho nitro benzene ring substituents is 1. The second-order valence-corrected chi connectivity index (χ2v) is 7.88. The molecular formula is C18H22N2O8. The fourth-order valence-electron chi connectivity index (χ4n) is 3.70. The molecule has 5 atom stereocenters. The Balaban J connectivity index is 1.54. The average molecular weight is 394 g/mol. The number of benzene rings is 1. The van der Waals surface area contributed by atoms with E-state index in [9.17, 15) is 14.9 Å². The number of hydrogen-bond acceptors (Lipinski definition) is 8. The third-order valence-electron chi connectivity index (χ3n) is 4.76. The highest BCUT2D eigenvalue weighted by atomic mass is 16.9. The van der Waals surface area contributed by atoms with Crippen LogP contribution < -0.4 is 5.32 Å². The molecule has 0 unspecified atom stereocenters. The first kappa shape index (κ1) is 19.2. The highest BCUT2D eigenvalue weighted by Gasteiger charge is 2.62. The Kier molecular flexibility index (Phi) is 4.43. The van der Waals surface area contributed by atoms with Gasteiger partial charge in [0.05, 0.1) is 4.92 Å². The van der Waals surface area contributed by atoms with Crippen LogP contribution in [-0.4, -0.2) is 53.1 Å². The van der Waals surface area contributed by atoms with Gasteiger partial charge in [-0.1, -0.05) is 0 Å². The molecule has 0 bridgehead atoms. The molecule has 1 aromatic rings. The van der Waals surface area contributed by atoms with Crippen molar-refractivity contribution in [2.75, 3.05) is 5.32 Å². The molecule has 3 saturated heterocycles. The van der Waals surface area contributed by atoms with Crippen LogP contribution in [0.15, 0.2) is 24.3 Å². The molecule has 3 aliphatic heterocycles. The van der Waals surface area contributed by atoms with Gasteiger partial charge in [0.15, 0.2) is 24.0 Å². The maximum absolute atomic E-state index is 12.9. The lowest BCUT2D eigenvalue weighted by Gasteiger charge is -2.36. The zero-order chi connectivity index (χ0) is 20.3. The third kappa shape index (κ3) is 3.49. The summed E-state index contributed by atoms with van der Waals surface area (Å²) in [6.45, 7) is 7.03. The summed E-state index contributed by atoms with van der Waals surface area (Å²) in [6, 6.07) is 5.52. The number of anilines is 1. The summed E-state index contributed by atoms with van der Waals surface area (Å²) in [4.78, 5) is 23.1. The zero-order valence-corrected chi connectivity index (χ0v) is 15.9. The van der Waals surface area contributed by atoms with Gasteiger partial charge in [-0.2, -0.15) is 0 Å². The summed E-state index contributed by atoms with van der Waals surface area (Å²) < 4.78 is 29.4. The monoisotopic (exact) mass is 394 g/mol. The van der Waals surface area contributed by atoms with Crippen LogP contribution in [0.25, 0.3) is 0 Å². The molecule has 1 amide bonds. The predicted molar refractivity (Wildman–Crippen MR) is 94.2 cm³/mol. The van der Waals surface area contributed by atoms with E-state index in [-0.39, 0.29) is 5.69 Å². The molecule has 10 nitrogen and oxygen atoms in total. The Morgan fingerprint density at radius 1 is 0.964 bits per heavy atom. The van der Waals surface area contributed by atoms with Crippen molar-refractivity contribution in [1.82, 2.24) is 0 Å². The van der Waals surface area contributed by atoms with Gasteiger partial charge < -0.3 is 29.0 Å². The number of fused-ring (bicyclic) bond motifs is 3. The van der Waals surface area contributed by atoms with E-state index in [0.29, 0.717) is 5.69 Å². The number of carbonyl (C=O) groups is 1. The standard InChI is InChI=1S/C18H22N2O8/c1-17(2)25-11-12(26-17)14-16(28-18(3,4)27-14)24-13(11)15(21)19-9-5-7-10(8-6-9)20(22)23/h5-8,11-14,16H,1-4H3,(H,19,21)/t11-,12-,13-,14-,16+/m1/s1. The molecule has 28 heavy (non-hydrogen) atoms. The highest BCUT2D eigenvalue weighted by molar-refractivity contribution is 5.95. The Bertz CT molecular complexity index is 793. The average Bonchev–Trinajstić information content (AvgIpc) is 3.08. The van der Waals surface area contributed by atoms with Crippen molar-refractivity contribution in [3.8, 4) is 0 Å². The van der Waals surface area contributed by atoms with Crippen molar-refractivity contribution in [3.05, 3.63) is 34.4 Å². The molecule has 1 N–H and O–H groups in total. The Morgan fingerprint density at radius 3 is 2.18 bits per heavy atom. The second-order valence-electron chi connectivity index (χ2n) is 7.88. The van der Waals surface area contributed by atoms with Crippen LogP contribution in [0.1, 0.15) is 27.7 Å². The van der Waals surface area contributed by atoms with Gasteiger partial charge in [0.1, 0.15) is 18.3 Å². The van der Waals surface area contributed by atoms with Crippen molar-refractivity contribution in [3.63, 3.8) is 0 Å². The molecule has 3 fully saturated rings. The summed E-state index contributed by atoms with van der Waals surface area (Å²) in [6.07, 6.45) is -3.53. The van der Waals surface area contributed by atoms with Crippen LogP contribution in [-0.2, 0) is 28.5 Å². The van der Waals surface area contributed by atoms with Crippen molar-refractivity contribution in [1.29, 1.82) is 0 Å². The van der Waals surface area contributed by atoms with E-state index in [0.717, 1.165) is 0 Å². The number of rotatable bonds is 3. The lowest BCUT2D eigenvalue weighted by molar-refractivity contribution is -0.384. The number of nitrogens with zero attached hydrogens (tertiary/aromatic N) is 1. The normalized spacial score (nSPS) is 35.1. The Labute approximate surface area is 161 Å². The van der Waals surface area contributed by atoms with Gasteiger partial charge in [-0.15, -0.1) is 0 Å². The molecule has 0 aromatic heterocycles. The van der Waals surface area contributed by atoms with Crippen molar-refractivity contribution < 1.29 is 33.4 Å². The van der Waals surface area contributed by atoms with Gasteiger partial charge in [0.2, 0.25) is 0 Å². The van der Waals surface area contributed by atoms with E-state index < -0.39 is 53.1 Å². The first-order valence-corrected chi connectivity index (χ1v) is 8.97. The number of amides is 1. The molecule has 3 aliphatic rings. The SMILES string of the molecule is CC1(C)O[C@@H]2[C@@H](O1)[C@H](C(=O)Nc1ccc([N+](=O)[O-])cc1)O[C@H]1OC(C)(C)O[C@@H]12. The van der Waals surface area contributed by atoms with E-state index in [2.05, 4.69) is 5.32 Å². The Morgan fingerprint density at radius 2 is 1.54 bits per heavy atom. The van der Waals surface area contributed by atoms with Crippen molar-refractivity contribution in [2.45, 2.75) is 70.0 Å². The number of nitrogens with one attached hydrogen (secondary N) is 1. The maximum Gasteiger partial charge on any atom is 0.269 e. The lowest BCUT2D eigenvalue weighted by atomic mass is 9.98. The second kappa shape index (κ2) is 6.46. The van der Waals surface area contributed by atoms with Crippen LogP contribution >= 0.6 is 0 Å². The number of ether oxygens (including phenoxy) is 5. The summed E-state index contributed by atoms with van der Waals surface area (Å²) in [7, 11) is 0. The molecule has 152 valence electrons. The summed E-state index contributed by atoms with van der Waals surface area (Å²) in [5, 5.41) is 13.5. The van der Waals surface area contributed by atoms with E-state index in [1.54, 1.807) is 27.7 Å². The highest BCUT2D eigenvalue weighted by Crippen LogP contribution is 2.44. The topological polar surface area (TPSA) is 118 Å². The summed E-state index contributed by atoms with van der Waals surface area (Å²) in [5.41, 5.74) is 0.336. The molecule has 0 saturated carbocycles. The number of hydrogen-bond donors (Lipinski definition) is 1. The van der Waals surface area contributed by atoms with E-state index in [4.69, 9.17) is 23.7 Å². The minimum Gasteiger partial charge on any atom is -0.342 e. The Hall–Kier alpha value is -2.11. The molecule has 0 radical (unpaired) electrons. The predicted octanol–water partition coefficient (Wildman–Crippen LogP) is 1.93. The number of nitro groups is 1. The summed E-state index contributed by atoms with van der Waals surface area (Å²) >= 11 is 0. The largest absolute Gasteiger partial charge is 0.342 e. The van der Waals surface area contributed by atoms with Crippen LogP contribution in [0.3, 0.4) is 0 Å². The third-order valence-corrected chi connectivity index (χ3v) is 4.76. The minimum absolute atomic E-state index is 0.0668. The lowest BCUT2D eigenvalue weighted by Crippen LogP contribution is -2.58. The van der Waals surface area contributed by atoms with E-state index in [1.165, 1.54) is 24.3 Å². The van der Waals surface area contributed by atoms with Crippen LogP contribution in [0.5, 0.6) is 0 Å². The van der Waals surface area contributed by atoms with Crippen LogP contribution in [0, 0.1) is 10.1 Å². The molecular weight excluding hydrogens is 372 g/mol. The van der Waals surface area contributed by atoms with Crippen LogP contribution in [0.2, 0.25) is 0 Å². The van der Waals surface area contributed by atoms with E-state index in [1.807, 2.05) is 0 Å². The van der Waals surface area contributed by atoms with Gasteiger partial charge >= 0.3 is 0 Å². The van der Waals surface area contributed by atoms with Crippen molar-refractivity contribution >= 4 is 17.3 Å². The fraction of sp³-hybridized carbons (Fsp3) is 0.611. The molecule has 3 heterocycles. The van der Waals surface area contributed by atoms with Gasteiger partial charge in [-0.05, 0) is 39.8 Å². The molecule has 1 aromatic carbocycles. The summed E-state index contributed by atoms with van der Waals surface area (Å²) in [5.74, 6) is -2.24. The smallest absolute Gasteiger partial charge is 0.269 e. The van der Waals surface area contributed by atoms with Gasteiger partial charge in [0.25, 0.3) is 11.6 Å². The molecule has 0 spiro atoms. The number of carbonyl (C=O) groups excluding carboxylic acids is 1. The maximum atomic E-state index is 12.9. The van der Waals surface area contributed by atoms with Gasteiger partial charge in [-0.3, -0.25) is 14.9 Å². The first-order valence-electron chi connectivity index (χ1n) is 8.97. The van der Waals surface area contributed by atoms with E-state index >= 15 is 0 Å². The molecule has 4 rings (SSSR count). The molecule has 10 heteroatoms. The first-order chi connectivity index (χ1) is 13.0. The van der Waals surface area contributed by atoms with Gasteiger partial charge in [0, 0.05) is 17.8 Å². The fourth-order valence-corrected chi connectivity index (χ4v) is 3.70. The molecule has 0 aliphatic carbocycles. The van der Waals surface area contributed by atoms with Crippen molar-refractivity contribution in [2.24, 2.45) is 0 Å². The van der Waals surface area contributed by atoms with Crippen LogP contribution in [0.4, 0.5) is 11.4 Å². The number of nitro benzene ring substituents is 1. The quantitative estimate of drug-likeness (QED) is 0.610. The van der Waals surface area contributed by atoms with Gasteiger partial charge in [-0.25, -0.2) is 0 Å². The zero-order valence-electron chi connectivity index (χ0n) is 15.9.